The molecule has 0 aliphatic heterocycles. The molecule has 11 heteroatoms. The summed E-state index contributed by atoms with van der Waals surface area (Å²) in [4.78, 5) is 12.0. The fraction of sp³-hybridized carbons (Fsp3) is 0.111. The maximum Gasteiger partial charge on any atom is 0.416 e. The summed E-state index contributed by atoms with van der Waals surface area (Å²) in [7, 11) is -3.71. The molecule has 0 fully saturated rings. The van der Waals surface area contributed by atoms with E-state index in [1.54, 1.807) is 0 Å². The lowest BCUT2D eigenvalue weighted by atomic mass is 10.2. The standard InChI is InChI=1S/C18H14F3N3O4S/c1-29(27,28)16-8-13(5-6-15(16)25)23-17(26)11-9-22-24(10-11)14-4-2-3-12(7-14)18(19,20)21/h2-10,25H,1H3,(H,23,26). The van der Waals surface area contributed by atoms with Gasteiger partial charge in [-0.1, -0.05) is 6.07 Å². The van der Waals surface area contributed by atoms with Crippen LogP contribution in [0.4, 0.5) is 18.9 Å². The molecule has 1 heterocycles. The number of phenols is 1. The van der Waals surface area contributed by atoms with Gasteiger partial charge in [0.05, 0.1) is 23.0 Å². The van der Waals surface area contributed by atoms with Gasteiger partial charge in [0.15, 0.2) is 9.84 Å². The van der Waals surface area contributed by atoms with Crippen molar-refractivity contribution in [2.75, 3.05) is 11.6 Å². The molecule has 1 aromatic heterocycles. The van der Waals surface area contributed by atoms with Crippen LogP contribution < -0.4 is 5.32 Å². The highest BCUT2D eigenvalue weighted by Crippen LogP contribution is 2.30. The number of hydrogen-bond acceptors (Lipinski definition) is 5. The summed E-state index contributed by atoms with van der Waals surface area (Å²) in [5, 5.41) is 16.0. The number of hydrogen-bond donors (Lipinski definition) is 2. The van der Waals surface area contributed by atoms with Crippen LogP contribution in [0.3, 0.4) is 0 Å². The van der Waals surface area contributed by atoms with Gasteiger partial charge >= 0.3 is 6.18 Å². The molecular weight excluding hydrogens is 411 g/mol. The van der Waals surface area contributed by atoms with E-state index in [1.165, 1.54) is 24.4 Å². The van der Waals surface area contributed by atoms with Gasteiger partial charge in [-0.2, -0.15) is 18.3 Å². The number of nitrogens with one attached hydrogen (secondary N) is 1. The molecule has 152 valence electrons. The zero-order valence-electron chi connectivity index (χ0n) is 14.8. The Kier molecular flexibility index (Phi) is 5.09. The predicted octanol–water partition coefficient (Wildman–Crippen LogP) is 3.25. The molecule has 0 atom stereocenters. The highest BCUT2D eigenvalue weighted by atomic mass is 32.2. The fourth-order valence-corrected chi connectivity index (χ4v) is 3.29. The minimum absolute atomic E-state index is 0.0383. The van der Waals surface area contributed by atoms with Crippen molar-refractivity contribution < 1.29 is 31.5 Å². The zero-order chi connectivity index (χ0) is 21.4. The van der Waals surface area contributed by atoms with Crippen molar-refractivity contribution in [3.8, 4) is 11.4 Å². The van der Waals surface area contributed by atoms with E-state index in [4.69, 9.17) is 0 Å². The third kappa shape index (κ3) is 4.57. The second-order valence-corrected chi connectivity index (χ2v) is 8.11. The molecule has 0 radical (unpaired) electrons. The highest BCUT2D eigenvalue weighted by Gasteiger charge is 2.30. The number of nitrogens with zero attached hydrogens (tertiary/aromatic N) is 2. The van der Waals surface area contributed by atoms with Crippen LogP contribution in [0.15, 0.2) is 59.8 Å². The van der Waals surface area contributed by atoms with Gasteiger partial charge in [-0.05, 0) is 36.4 Å². The van der Waals surface area contributed by atoms with Crippen LogP contribution >= 0.6 is 0 Å². The third-order valence-corrected chi connectivity index (χ3v) is 5.03. The monoisotopic (exact) mass is 425 g/mol. The molecule has 0 aliphatic rings. The Morgan fingerprint density at radius 3 is 2.55 bits per heavy atom. The number of halogens is 3. The lowest BCUT2D eigenvalue weighted by Gasteiger charge is -2.08. The first-order valence-electron chi connectivity index (χ1n) is 8.02. The van der Waals surface area contributed by atoms with Crippen LogP contribution in [-0.4, -0.2) is 35.5 Å². The minimum atomic E-state index is -4.51. The predicted molar refractivity (Wildman–Crippen MR) is 97.7 cm³/mol. The summed E-state index contributed by atoms with van der Waals surface area (Å²) in [6.45, 7) is 0. The van der Waals surface area contributed by atoms with E-state index >= 15 is 0 Å². The second-order valence-electron chi connectivity index (χ2n) is 6.13. The van der Waals surface area contributed by atoms with Crippen molar-refractivity contribution >= 4 is 21.4 Å². The molecule has 1 amide bonds. The molecule has 0 spiro atoms. The lowest BCUT2D eigenvalue weighted by Crippen LogP contribution is -2.11. The molecular formula is C18H14F3N3O4S. The fourth-order valence-electron chi connectivity index (χ4n) is 2.50. The summed E-state index contributed by atoms with van der Waals surface area (Å²) in [6, 6.07) is 7.97. The zero-order valence-corrected chi connectivity index (χ0v) is 15.6. The molecule has 3 aromatic rings. The number of phenolic OH excluding ortho intramolecular Hbond substituents is 1. The Hall–Kier alpha value is -3.34. The van der Waals surface area contributed by atoms with E-state index in [2.05, 4.69) is 10.4 Å². The Morgan fingerprint density at radius 2 is 1.90 bits per heavy atom. The number of carbonyl (C=O) groups is 1. The average Bonchev–Trinajstić information content (AvgIpc) is 3.12. The first-order chi connectivity index (χ1) is 13.4. The summed E-state index contributed by atoms with van der Waals surface area (Å²) >= 11 is 0. The van der Waals surface area contributed by atoms with Crippen molar-refractivity contribution in [2.45, 2.75) is 11.1 Å². The van der Waals surface area contributed by atoms with E-state index in [1.807, 2.05) is 0 Å². The van der Waals surface area contributed by atoms with Crippen LogP contribution in [0.2, 0.25) is 0 Å². The van der Waals surface area contributed by atoms with Crippen LogP contribution in [-0.2, 0) is 16.0 Å². The first-order valence-corrected chi connectivity index (χ1v) is 9.91. The van der Waals surface area contributed by atoms with Crippen molar-refractivity contribution in [1.82, 2.24) is 9.78 Å². The molecule has 0 bridgehead atoms. The highest BCUT2D eigenvalue weighted by molar-refractivity contribution is 7.90. The number of sulfone groups is 1. The summed E-state index contributed by atoms with van der Waals surface area (Å²) in [6.07, 6.45) is -1.21. The smallest absolute Gasteiger partial charge is 0.416 e. The average molecular weight is 425 g/mol. The van der Waals surface area contributed by atoms with Crippen LogP contribution in [0.25, 0.3) is 5.69 Å². The summed E-state index contributed by atoms with van der Waals surface area (Å²) in [5.74, 6) is -1.11. The number of carbonyl (C=O) groups excluding carboxylic acids is 1. The van der Waals surface area contributed by atoms with Crippen molar-refractivity contribution in [3.63, 3.8) is 0 Å². The number of benzene rings is 2. The van der Waals surface area contributed by atoms with E-state index in [0.717, 1.165) is 41.4 Å². The van der Waals surface area contributed by atoms with Gasteiger partial charge in [0.2, 0.25) is 0 Å². The largest absolute Gasteiger partial charge is 0.507 e. The normalized spacial score (nSPS) is 12.0. The first kappa shape index (κ1) is 20.4. The molecule has 0 unspecified atom stereocenters. The van der Waals surface area contributed by atoms with E-state index in [-0.39, 0.29) is 21.8 Å². The number of rotatable bonds is 4. The topological polar surface area (TPSA) is 101 Å². The maximum atomic E-state index is 12.8. The summed E-state index contributed by atoms with van der Waals surface area (Å²) in [5.41, 5.74) is -0.590. The SMILES string of the molecule is CS(=O)(=O)c1cc(NC(=O)c2cnn(-c3cccc(C(F)(F)F)c3)c2)ccc1O. The number of anilines is 1. The molecule has 7 nitrogen and oxygen atoms in total. The van der Waals surface area contributed by atoms with Crippen molar-refractivity contribution in [2.24, 2.45) is 0 Å². The number of aromatic nitrogens is 2. The molecule has 2 N–H and O–H groups in total. The van der Waals surface area contributed by atoms with E-state index in [0.29, 0.717) is 0 Å². The Bertz CT molecular complexity index is 1190. The Morgan fingerprint density at radius 1 is 1.17 bits per heavy atom. The minimum Gasteiger partial charge on any atom is -0.507 e. The number of amides is 1. The van der Waals surface area contributed by atoms with Gasteiger partial charge < -0.3 is 10.4 Å². The van der Waals surface area contributed by atoms with Gasteiger partial charge in [-0.3, -0.25) is 4.79 Å². The van der Waals surface area contributed by atoms with Crippen LogP contribution in [0.5, 0.6) is 5.75 Å². The van der Waals surface area contributed by atoms with Gasteiger partial charge in [0.1, 0.15) is 10.6 Å². The van der Waals surface area contributed by atoms with Gasteiger partial charge in [0.25, 0.3) is 5.91 Å². The number of alkyl halides is 3. The lowest BCUT2D eigenvalue weighted by molar-refractivity contribution is -0.137. The van der Waals surface area contributed by atoms with Gasteiger partial charge in [-0.15, -0.1) is 0 Å². The van der Waals surface area contributed by atoms with Gasteiger partial charge in [-0.25, -0.2) is 13.1 Å². The van der Waals surface area contributed by atoms with Crippen LogP contribution in [0, 0.1) is 0 Å². The maximum absolute atomic E-state index is 12.8. The van der Waals surface area contributed by atoms with Gasteiger partial charge in [0, 0.05) is 18.1 Å². The molecule has 0 saturated heterocycles. The summed E-state index contributed by atoms with van der Waals surface area (Å²) < 4.78 is 63.0. The number of aromatic hydroxyl groups is 1. The second kappa shape index (κ2) is 7.24. The molecule has 29 heavy (non-hydrogen) atoms. The third-order valence-electron chi connectivity index (χ3n) is 3.90. The molecule has 2 aromatic carbocycles. The molecule has 0 saturated carbocycles. The Balaban J connectivity index is 1.84. The van der Waals surface area contributed by atoms with E-state index in [9.17, 15) is 31.5 Å². The van der Waals surface area contributed by atoms with E-state index < -0.39 is 33.2 Å². The molecule has 3 rings (SSSR count). The Labute approximate surface area is 163 Å². The van der Waals surface area contributed by atoms with Crippen molar-refractivity contribution in [1.29, 1.82) is 0 Å². The quantitative estimate of drug-likeness (QED) is 0.625. The molecule has 0 aliphatic carbocycles. The van der Waals surface area contributed by atoms with Crippen LogP contribution in [0.1, 0.15) is 15.9 Å². The van der Waals surface area contributed by atoms with Crippen molar-refractivity contribution in [3.05, 3.63) is 66.0 Å².